The fourth-order valence-electron chi connectivity index (χ4n) is 4.15. The molecule has 41 heavy (non-hydrogen) atoms. The van der Waals surface area contributed by atoms with Gasteiger partial charge in [0.05, 0.1) is 39.4 Å². The minimum Gasteiger partial charge on any atom is -0.440 e. The predicted molar refractivity (Wildman–Crippen MR) is 159 cm³/mol. The quantitative estimate of drug-likeness (QED) is 0.143. The molecule has 11 nitrogen and oxygen atoms in total. The second-order valence-corrected chi connectivity index (χ2v) is 12.6. The molecule has 0 aliphatic rings. The number of imidazole rings is 1. The molecule has 5 aromatic rings. The summed E-state index contributed by atoms with van der Waals surface area (Å²) in [6.45, 7) is 2.55. The second kappa shape index (κ2) is 12.0. The molecule has 0 aliphatic carbocycles. The van der Waals surface area contributed by atoms with Gasteiger partial charge in [0.15, 0.2) is 27.3 Å². The van der Waals surface area contributed by atoms with E-state index in [0.717, 1.165) is 16.6 Å². The summed E-state index contributed by atoms with van der Waals surface area (Å²) >= 11 is 1.27. The maximum absolute atomic E-state index is 13.2. The number of carbonyl (C=O) groups is 2. The third kappa shape index (κ3) is 7.06. The lowest BCUT2D eigenvalue weighted by Gasteiger charge is -2.11. The van der Waals surface area contributed by atoms with Gasteiger partial charge in [-0.25, -0.2) is 18.4 Å². The summed E-state index contributed by atoms with van der Waals surface area (Å²) in [7, 11) is -3.18. The van der Waals surface area contributed by atoms with Crippen molar-refractivity contribution < 1.29 is 22.4 Å². The number of hydrogen-bond donors (Lipinski definition) is 3. The zero-order valence-corrected chi connectivity index (χ0v) is 24.0. The van der Waals surface area contributed by atoms with Crippen LogP contribution < -0.4 is 16.0 Å². The average molecular weight is 593 g/mol. The zero-order valence-electron chi connectivity index (χ0n) is 22.4. The number of aryl methyl sites for hydroxylation is 1. The Morgan fingerprint density at radius 1 is 1.07 bits per heavy atom. The van der Waals surface area contributed by atoms with Gasteiger partial charge in [0.2, 0.25) is 5.95 Å². The molecule has 3 aromatic heterocycles. The normalized spacial score (nSPS) is 11.6. The van der Waals surface area contributed by atoms with Crippen molar-refractivity contribution >= 4 is 55.5 Å². The molecule has 0 aliphatic heterocycles. The fourth-order valence-corrected chi connectivity index (χ4v) is 5.51. The molecular formula is C28H28N6O5S2. The lowest BCUT2D eigenvalue weighted by atomic mass is 10.1. The molecule has 3 N–H and O–H groups in total. The lowest BCUT2D eigenvalue weighted by molar-refractivity contribution is 0.100. The number of Topliss-reactive ketones (excluding diaryl/α,β-unsaturated/α-hetero) is 1. The number of amides is 1. The van der Waals surface area contributed by atoms with Crippen LogP contribution in [0.5, 0.6) is 0 Å². The van der Waals surface area contributed by atoms with Crippen molar-refractivity contribution in [3.63, 3.8) is 0 Å². The molecule has 212 valence electrons. The van der Waals surface area contributed by atoms with Crippen LogP contribution in [-0.4, -0.2) is 59.9 Å². The number of hydrogen-bond acceptors (Lipinski definition) is 10. The van der Waals surface area contributed by atoms with E-state index >= 15 is 0 Å². The number of oxazole rings is 1. The van der Waals surface area contributed by atoms with Crippen molar-refractivity contribution in [3.05, 3.63) is 83.2 Å². The summed E-state index contributed by atoms with van der Waals surface area (Å²) in [6, 6.07) is 18.0. The van der Waals surface area contributed by atoms with E-state index in [9.17, 15) is 18.0 Å². The van der Waals surface area contributed by atoms with Crippen molar-refractivity contribution in [3.8, 4) is 10.6 Å². The number of anilines is 2. The third-order valence-corrected chi connectivity index (χ3v) is 7.92. The van der Waals surface area contributed by atoms with Crippen LogP contribution in [0.4, 0.5) is 11.6 Å². The highest BCUT2D eigenvalue weighted by molar-refractivity contribution is 7.90. The Morgan fingerprint density at radius 2 is 1.88 bits per heavy atom. The number of carbonyl (C=O) groups excluding carboxylic acids is 2. The van der Waals surface area contributed by atoms with Gasteiger partial charge in [-0.2, -0.15) is 0 Å². The molecule has 0 bridgehead atoms. The van der Waals surface area contributed by atoms with Crippen LogP contribution in [0, 0.1) is 6.92 Å². The number of aromatic nitrogens is 3. The van der Waals surface area contributed by atoms with Gasteiger partial charge in [-0.3, -0.25) is 14.9 Å². The Balaban J connectivity index is 1.36. The average Bonchev–Trinajstić information content (AvgIpc) is 3.68. The van der Waals surface area contributed by atoms with E-state index in [0.29, 0.717) is 52.3 Å². The predicted octanol–water partition coefficient (Wildman–Crippen LogP) is 4.20. The van der Waals surface area contributed by atoms with E-state index < -0.39 is 9.84 Å². The smallest absolute Gasteiger partial charge is 0.268 e. The molecular weight excluding hydrogens is 564 g/mol. The van der Waals surface area contributed by atoms with Gasteiger partial charge < -0.3 is 19.6 Å². The standard InChI is InChI=1S/C28H28N6O5S2/c1-18-30-16-24(39-18)25-10-11-26(40-25)27(36)33-28-32-21-14-20(31-15-23(35)19-6-4-3-5-7-19)8-9-22(21)34(28)13-12-29-17-41(2,37)38/h3-11,14,16,29,31H,12-13,15,17H2,1-2H3,(H,32,33,36). The highest BCUT2D eigenvalue weighted by Crippen LogP contribution is 2.30. The van der Waals surface area contributed by atoms with Crippen molar-refractivity contribution in [2.45, 2.75) is 13.5 Å². The number of nitrogens with one attached hydrogen (secondary N) is 3. The second-order valence-electron chi connectivity index (χ2n) is 9.36. The highest BCUT2D eigenvalue weighted by atomic mass is 32.2. The maximum atomic E-state index is 13.2. The Labute approximate surface area is 240 Å². The van der Waals surface area contributed by atoms with Crippen LogP contribution in [-0.2, 0) is 16.4 Å². The summed E-state index contributed by atoms with van der Waals surface area (Å²) in [6.07, 6.45) is 2.77. The summed E-state index contributed by atoms with van der Waals surface area (Å²) in [5.41, 5.74) is 2.66. The van der Waals surface area contributed by atoms with Gasteiger partial charge in [-0.15, -0.1) is 11.3 Å². The molecule has 0 spiro atoms. The van der Waals surface area contributed by atoms with E-state index in [1.54, 1.807) is 43.5 Å². The largest absolute Gasteiger partial charge is 0.440 e. The Hall–Kier alpha value is -4.33. The number of nitrogens with zero attached hydrogens (tertiary/aromatic N) is 3. The maximum Gasteiger partial charge on any atom is 0.268 e. The van der Waals surface area contributed by atoms with E-state index in [1.807, 2.05) is 34.9 Å². The first-order valence-corrected chi connectivity index (χ1v) is 15.6. The number of rotatable bonds is 12. The summed E-state index contributed by atoms with van der Waals surface area (Å²) in [5.74, 6) is 0.887. The molecule has 0 saturated heterocycles. The van der Waals surface area contributed by atoms with E-state index in [1.165, 1.54) is 11.3 Å². The summed E-state index contributed by atoms with van der Waals surface area (Å²) in [5, 5.41) is 8.94. The SMILES string of the molecule is Cc1ncc(-c2ccc(C(=O)Nc3nc4cc(NCC(=O)c5ccccc5)ccc4n3CCNCS(C)(=O)=O)s2)o1. The van der Waals surface area contributed by atoms with Crippen LogP contribution in [0.15, 0.2) is 71.3 Å². The molecule has 0 atom stereocenters. The van der Waals surface area contributed by atoms with Crippen LogP contribution in [0.1, 0.15) is 25.9 Å². The van der Waals surface area contributed by atoms with Gasteiger partial charge in [0, 0.05) is 37.5 Å². The van der Waals surface area contributed by atoms with Gasteiger partial charge >= 0.3 is 0 Å². The molecule has 0 unspecified atom stereocenters. The van der Waals surface area contributed by atoms with Crippen molar-refractivity contribution in [2.24, 2.45) is 0 Å². The number of fused-ring (bicyclic) bond motifs is 1. The highest BCUT2D eigenvalue weighted by Gasteiger charge is 2.18. The molecule has 2 aromatic carbocycles. The summed E-state index contributed by atoms with van der Waals surface area (Å²) < 4.78 is 30.5. The minimum atomic E-state index is -3.18. The van der Waals surface area contributed by atoms with Crippen molar-refractivity contribution in [1.29, 1.82) is 0 Å². The van der Waals surface area contributed by atoms with Gasteiger partial charge in [-0.1, -0.05) is 30.3 Å². The van der Waals surface area contributed by atoms with Crippen LogP contribution >= 0.6 is 11.3 Å². The van der Waals surface area contributed by atoms with E-state index in [4.69, 9.17) is 4.42 Å². The monoisotopic (exact) mass is 592 g/mol. The molecule has 0 fully saturated rings. The Kier molecular flexibility index (Phi) is 8.28. The molecule has 0 saturated carbocycles. The van der Waals surface area contributed by atoms with Crippen LogP contribution in [0.2, 0.25) is 0 Å². The number of benzene rings is 2. The molecule has 1 amide bonds. The lowest BCUT2D eigenvalue weighted by Crippen LogP contribution is -2.26. The van der Waals surface area contributed by atoms with Gasteiger partial charge in [-0.05, 0) is 30.3 Å². The zero-order chi connectivity index (χ0) is 29.0. The van der Waals surface area contributed by atoms with Gasteiger partial charge in [0.1, 0.15) is 0 Å². The first kappa shape index (κ1) is 28.2. The van der Waals surface area contributed by atoms with Crippen molar-refractivity contribution in [2.75, 3.05) is 35.9 Å². The summed E-state index contributed by atoms with van der Waals surface area (Å²) in [4.78, 5) is 35.7. The molecule has 3 heterocycles. The fraction of sp³-hybridized carbons (Fsp3) is 0.214. The van der Waals surface area contributed by atoms with Crippen LogP contribution in [0.3, 0.4) is 0 Å². The van der Waals surface area contributed by atoms with E-state index in [2.05, 4.69) is 25.9 Å². The first-order valence-electron chi connectivity index (χ1n) is 12.7. The number of thiophene rings is 1. The number of sulfone groups is 1. The molecule has 5 rings (SSSR count). The molecule has 13 heteroatoms. The van der Waals surface area contributed by atoms with E-state index in [-0.39, 0.29) is 24.1 Å². The molecule has 0 radical (unpaired) electrons. The topological polar surface area (TPSA) is 148 Å². The first-order chi connectivity index (χ1) is 19.7. The van der Waals surface area contributed by atoms with Crippen molar-refractivity contribution in [1.82, 2.24) is 19.9 Å². The van der Waals surface area contributed by atoms with Crippen LogP contribution in [0.25, 0.3) is 21.7 Å². The minimum absolute atomic E-state index is 0.0445. The van der Waals surface area contributed by atoms with Gasteiger partial charge in [0.25, 0.3) is 5.91 Å². The number of ketones is 1. The Morgan fingerprint density at radius 3 is 2.61 bits per heavy atom. The Bertz CT molecular complexity index is 1810. The third-order valence-electron chi connectivity index (χ3n) is 6.09.